The Kier molecular flexibility index (Phi) is 7.22. The molecule has 2 aromatic rings. The number of rotatable bonds is 6. The molecule has 4 nitrogen and oxygen atoms in total. The van der Waals surface area contributed by atoms with Gasteiger partial charge >= 0.3 is 6.18 Å². The summed E-state index contributed by atoms with van der Waals surface area (Å²) in [4.78, 5) is 16.0. The Bertz CT molecular complexity index is 1060. The number of hydrogen-bond donors (Lipinski definition) is 0. The van der Waals surface area contributed by atoms with E-state index in [-0.39, 0.29) is 5.69 Å². The third-order valence-electron chi connectivity index (χ3n) is 5.05. The van der Waals surface area contributed by atoms with Crippen molar-refractivity contribution in [1.82, 2.24) is 4.90 Å². The van der Waals surface area contributed by atoms with E-state index in [0.717, 1.165) is 33.7 Å². The summed E-state index contributed by atoms with van der Waals surface area (Å²) in [6.07, 6.45) is 0.616. The van der Waals surface area contributed by atoms with Crippen LogP contribution < -0.4 is 4.90 Å². The van der Waals surface area contributed by atoms with Gasteiger partial charge in [0.25, 0.3) is 5.91 Å². The Morgan fingerprint density at radius 1 is 1.19 bits per heavy atom. The second-order valence-electron chi connectivity index (χ2n) is 7.38. The third-order valence-corrected chi connectivity index (χ3v) is 5.26. The number of anilines is 1. The molecule has 0 aliphatic rings. The molecule has 0 aliphatic heterocycles. The molecule has 0 saturated carbocycles. The van der Waals surface area contributed by atoms with Crippen LogP contribution in [0.3, 0.4) is 0 Å². The maximum atomic E-state index is 13.3. The van der Waals surface area contributed by atoms with E-state index in [9.17, 15) is 18.0 Å². The summed E-state index contributed by atoms with van der Waals surface area (Å²) in [7, 11) is 1.73. The van der Waals surface area contributed by atoms with Crippen LogP contribution in [0.1, 0.15) is 36.1 Å². The van der Waals surface area contributed by atoms with Crippen molar-refractivity contribution < 1.29 is 18.0 Å². The van der Waals surface area contributed by atoms with Crippen LogP contribution in [0.2, 0.25) is 0 Å². The van der Waals surface area contributed by atoms with Gasteiger partial charge in [0.1, 0.15) is 0 Å². The molecule has 0 bridgehead atoms. The predicted molar refractivity (Wildman–Crippen MR) is 117 cm³/mol. The molecule has 0 aromatic heterocycles. The number of nitrogens with zero attached hydrogens (tertiary/aromatic N) is 3. The fraction of sp³-hybridized carbons (Fsp3) is 0.261. The minimum Gasteiger partial charge on any atom is -0.289 e. The van der Waals surface area contributed by atoms with Crippen LogP contribution in [0.5, 0.6) is 0 Å². The SMILES string of the molecule is C#Cc1ccc(CN(C)C(C)(C)C(=O)N(C=S)c2ccc(C#N)c(C(F)(F)F)c2)cc1. The number of hydrogen-bond acceptors (Lipinski definition) is 4. The number of thiocarbonyl (C=S) groups is 1. The smallest absolute Gasteiger partial charge is 0.289 e. The summed E-state index contributed by atoms with van der Waals surface area (Å²) < 4.78 is 40.0. The molecule has 2 rings (SSSR count). The Morgan fingerprint density at radius 2 is 1.81 bits per heavy atom. The standard InChI is InChI=1S/C23H20F3N3OS/c1-5-16-6-8-17(9-7-16)14-28(4)22(2,3)21(30)29(15-31)19-11-10-18(13-27)20(12-19)23(24,25)26/h1,6-12,15H,14H2,2-4H3. The van der Waals surface area contributed by atoms with Gasteiger partial charge in [-0.15, -0.1) is 6.42 Å². The lowest BCUT2D eigenvalue weighted by Gasteiger charge is -2.37. The van der Waals surface area contributed by atoms with E-state index < -0.39 is 28.7 Å². The van der Waals surface area contributed by atoms with E-state index in [4.69, 9.17) is 23.9 Å². The molecule has 0 atom stereocenters. The van der Waals surface area contributed by atoms with Crippen molar-refractivity contribution in [3.8, 4) is 18.4 Å². The number of amides is 1. The Morgan fingerprint density at radius 3 is 2.29 bits per heavy atom. The summed E-state index contributed by atoms with van der Waals surface area (Å²) in [6, 6.07) is 11.8. The molecular formula is C23H20F3N3OS. The van der Waals surface area contributed by atoms with Gasteiger partial charge in [0.15, 0.2) is 0 Å². The van der Waals surface area contributed by atoms with Crippen molar-refractivity contribution in [2.45, 2.75) is 32.1 Å². The number of terminal acetylenes is 1. The fourth-order valence-electron chi connectivity index (χ4n) is 2.88. The average molecular weight is 443 g/mol. The zero-order chi connectivity index (χ0) is 23.4. The Balaban J connectivity index is 2.34. The van der Waals surface area contributed by atoms with Crippen LogP contribution in [0.4, 0.5) is 18.9 Å². The van der Waals surface area contributed by atoms with Gasteiger partial charge in [-0.2, -0.15) is 18.4 Å². The third kappa shape index (κ3) is 5.29. The van der Waals surface area contributed by atoms with Crippen molar-refractivity contribution in [3.63, 3.8) is 0 Å². The molecular weight excluding hydrogens is 423 g/mol. The van der Waals surface area contributed by atoms with Crippen LogP contribution in [-0.4, -0.2) is 28.9 Å². The number of nitriles is 1. The van der Waals surface area contributed by atoms with Gasteiger partial charge in [-0.25, -0.2) is 0 Å². The first-order chi connectivity index (χ1) is 14.4. The van der Waals surface area contributed by atoms with Crippen LogP contribution in [0.25, 0.3) is 0 Å². The first kappa shape index (κ1) is 24.1. The number of benzene rings is 2. The molecule has 8 heteroatoms. The highest BCUT2D eigenvalue weighted by atomic mass is 32.1. The van der Waals surface area contributed by atoms with Gasteiger partial charge in [-0.05, 0) is 56.8 Å². The second kappa shape index (κ2) is 9.30. The van der Waals surface area contributed by atoms with Crippen molar-refractivity contribution in [1.29, 1.82) is 5.26 Å². The van der Waals surface area contributed by atoms with E-state index in [0.29, 0.717) is 6.54 Å². The summed E-state index contributed by atoms with van der Waals surface area (Å²) in [5.74, 6) is 2.02. The molecule has 160 valence electrons. The molecule has 0 aliphatic carbocycles. The molecule has 2 aromatic carbocycles. The molecule has 0 fully saturated rings. The van der Waals surface area contributed by atoms with Gasteiger partial charge < -0.3 is 0 Å². The van der Waals surface area contributed by atoms with Crippen LogP contribution >= 0.6 is 12.2 Å². The minimum atomic E-state index is -4.74. The minimum absolute atomic E-state index is 0.0637. The summed E-state index contributed by atoms with van der Waals surface area (Å²) in [5, 5.41) is 8.98. The first-order valence-corrected chi connectivity index (χ1v) is 9.60. The molecule has 0 unspecified atom stereocenters. The van der Waals surface area contributed by atoms with Crippen molar-refractivity contribution in [3.05, 3.63) is 64.7 Å². The number of alkyl halides is 3. The summed E-state index contributed by atoms with van der Waals surface area (Å²) in [5.41, 5.74) is -0.176. The largest absolute Gasteiger partial charge is 0.417 e. The molecule has 0 heterocycles. The average Bonchev–Trinajstić information content (AvgIpc) is 2.73. The normalized spacial score (nSPS) is 11.5. The summed E-state index contributed by atoms with van der Waals surface area (Å²) >= 11 is 4.94. The van der Waals surface area contributed by atoms with Crippen LogP contribution in [0.15, 0.2) is 42.5 Å². The van der Waals surface area contributed by atoms with E-state index in [1.165, 1.54) is 12.1 Å². The van der Waals surface area contributed by atoms with E-state index in [1.807, 2.05) is 12.1 Å². The van der Waals surface area contributed by atoms with Gasteiger partial charge in [-0.3, -0.25) is 14.6 Å². The van der Waals surface area contributed by atoms with Crippen LogP contribution in [-0.2, 0) is 17.5 Å². The molecule has 0 radical (unpaired) electrons. The molecule has 0 saturated heterocycles. The van der Waals surface area contributed by atoms with Crippen LogP contribution in [0, 0.1) is 23.7 Å². The highest BCUT2D eigenvalue weighted by Crippen LogP contribution is 2.35. The van der Waals surface area contributed by atoms with Gasteiger partial charge in [0.05, 0.1) is 28.2 Å². The molecule has 1 amide bonds. The highest BCUT2D eigenvalue weighted by Gasteiger charge is 2.38. The maximum absolute atomic E-state index is 13.3. The van der Waals surface area contributed by atoms with Crippen molar-refractivity contribution in [2.75, 3.05) is 11.9 Å². The van der Waals surface area contributed by atoms with E-state index >= 15 is 0 Å². The Labute approximate surface area is 184 Å². The summed E-state index contributed by atoms with van der Waals surface area (Å²) in [6.45, 7) is 3.71. The maximum Gasteiger partial charge on any atom is 0.417 e. The quantitative estimate of drug-likeness (QED) is 0.477. The van der Waals surface area contributed by atoms with Crippen molar-refractivity contribution >= 4 is 29.3 Å². The zero-order valence-corrected chi connectivity index (χ0v) is 18.0. The lowest BCUT2D eigenvalue weighted by atomic mass is 9.99. The first-order valence-electron chi connectivity index (χ1n) is 9.12. The molecule has 0 N–H and O–H groups in total. The second-order valence-corrected chi connectivity index (χ2v) is 7.59. The van der Waals surface area contributed by atoms with E-state index in [2.05, 4.69) is 5.92 Å². The monoisotopic (exact) mass is 443 g/mol. The van der Waals surface area contributed by atoms with E-state index in [1.54, 1.807) is 37.9 Å². The predicted octanol–water partition coefficient (Wildman–Crippen LogP) is 4.76. The fourth-order valence-corrected chi connectivity index (χ4v) is 3.09. The lowest BCUT2D eigenvalue weighted by Crippen LogP contribution is -2.54. The zero-order valence-electron chi connectivity index (χ0n) is 17.2. The highest BCUT2D eigenvalue weighted by molar-refractivity contribution is 7.79. The molecule has 0 spiro atoms. The van der Waals surface area contributed by atoms with Gasteiger partial charge in [-0.1, -0.05) is 30.3 Å². The number of carbonyl (C=O) groups is 1. The van der Waals surface area contributed by atoms with Gasteiger partial charge in [0.2, 0.25) is 0 Å². The van der Waals surface area contributed by atoms with Crippen molar-refractivity contribution in [2.24, 2.45) is 0 Å². The number of carbonyl (C=O) groups excluding carboxylic acids is 1. The van der Waals surface area contributed by atoms with Gasteiger partial charge in [0, 0.05) is 17.8 Å². The topological polar surface area (TPSA) is 47.3 Å². The number of halogens is 3. The lowest BCUT2D eigenvalue weighted by molar-refractivity contribution is -0.137. The number of likely N-dealkylation sites (N-methyl/N-ethyl adjacent to an activating group) is 1. The molecule has 31 heavy (non-hydrogen) atoms. The Hall–Kier alpha value is -3.20.